The molecule has 2 N–H and O–H groups in total. The van der Waals surface area contributed by atoms with Gasteiger partial charge in [-0.25, -0.2) is 0 Å². The fourth-order valence-corrected chi connectivity index (χ4v) is 2.67. The second kappa shape index (κ2) is 4.49. The summed E-state index contributed by atoms with van der Waals surface area (Å²) in [5, 5.41) is 12.3. The number of carboxylic acids is 1. The molecule has 82 valence electrons. The predicted molar refractivity (Wildman–Crippen MR) is 56.8 cm³/mol. The number of hydrogen-bond donors (Lipinski definition) is 2. The van der Waals surface area contributed by atoms with Gasteiger partial charge in [0.25, 0.3) is 0 Å². The van der Waals surface area contributed by atoms with Crippen molar-refractivity contribution in [1.82, 2.24) is 5.32 Å². The monoisotopic (exact) mass is 219 g/mol. The lowest BCUT2D eigenvalue weighted by molar-refractivity contribution is -0.142. The van der Waals surface area contributed by atoms with E-state index < -0.39 is 5.97 Å². The van der Waals surface area contributed by atoms with Crippen LogP contribution in [-0.4, -0.2) is 23.2 Å². The van der Waals surface area contributed by atoms with Crippen LogP contribution in [0.1, 0.15) is 38.5 Å². The van der Waals surface area contributed by atoms with E-state index in [4.69, 9.17) is 5.11 Å². The zero-order valence-corrected chi connectivity index (χ0v) is 9.11. The fraction of sp³-hybridized carbons (Fsp3) is 0.900. The largest absolute Gasteiger partial charge is 0.481 e. The van der Waals surface area contributed by atoms with Crippen molar-refractivity contribution in [3.8, 4) is 0 Å². The molecular formula is C10H18ClNO2. The molecule has 0 aromatic heterocycles. The molecule has 1 aliphatic carbocycles. The van der Waals surface area contributed by atoms with Crippen LogP contribution in [-0.2, 0) is 4.79 Å². The molecular weight excluding hydrogens is 202 g/mol. The van der Waals surface area contributed by atoms with E-state index >= 15 is 0 Å². The third kappa shape index (κ3) is 2.20. The molecule has 2 aliphatic rings. The van der Waals surface area contributed by atoms with E-state index in [2.05, 4.69) is 5.32 Å². The van der Waals surface area contributed by atoms with Gasteiger partial charge in [0.05, 0.1) is 5.92 Å². The van der Waals surface area contributed by atoms with E-state index in [0.29, 0.717) is 12.1 Å². The Labute approximate surface area is 90.7 Å². The van der Waals surface area contributed by atoms with Crippen LogP contribution in [0.15, 0.2) is 0 Å². The highest BCUT2D eigenvalue weighted by Gasteiger charge is 2.38. The van der Waals surface area contributed by atoms with Crippen LogP contribution in [0.5, 0.6) is 0 Å². The van der Waals surface area contributed by atoms with Gasteiger partial charge in [0.2, 0.25) is 0 Å². The van der Waals surface area contributed by atoms with Crippen LogP contribution < -0.4 is 5.32 Å². The number of rotatable bonds is 1. The number of carbonyl (C=O) groups is 1. The van der Waals surface area contributed by atoms with Gasteiger partial charge in [-0.3, -0.25) is 4.79 Å². The van der Waals surface area contributed by atoms with E-state index in [1.165, 1.54) is 25.7 Å². The molecule has 2 fully saturated rings. The highest BCUT2D eigenvalue weighted by molar-refractivity contribution is 5.85. The van der Waals surface area contributed by atoms with Crippen LogP contribution in [0.25, 0.3) is 0 Å². The van der Waals surface area contributed by atoms with E-state index in [9.17, 15) is 4.79 Å². The summed E-state index contributed by atoms with van der Waals surface area (Å²) in [6.45, 7) is 0.676. The lowest BCUT2D eigenvalue weighted by Gasteiger charge is -2.37. The highest BCUT2D eigenvalue weighted by atomic mass is 35.5. The summed E-state index contributed by atoms with van der Waals surface area (Å²) >= 11 is 0. The lowest BCUT2D eigenvalue weighted by atomic mass is 9.83. The molecule has 0 aromatic rings. The minimum Gasteiger partial charge on any atom is -0.481 e. The number of carboxylic acid groups (broad SMARTS) is 1. The predicted octanol–water partition coefficient (Wildman–Crippen LogP) is 1.81. The first-order valence-corrected chi connectivity index (χ1v) is 5.20. The molecule has 0 radical (unpaired) electrons. The number of aliphatic carboxylic acids is 1. The van der Waals surface area contributed by atoms with E-state index in [1.807, 2.05) is 0 Å². The Balaban J connectivity index is 0.000000980. The first-order valence-electron chi connectivity index (χ1n) is 5.20. The summed E-state index contributed by atoms with van der Waals surface area (Å²) in [4.78, 5) is 10.7. The Kier molecular flexibility index (Phi) is 3.78. The fourth-order valence-electron chi connectivity index (χ4n) is 2.67. The third-order valence-corrected chi connectivity index (χ3v) is 3.60. The van der Waals surface area contributed by atoms with Crippen molar-refractivity contribution >= 4 is 18.4 Å². The average molecular weight is 220 g/mol. The van der Waals surface area contributed by atoms with E-state index in [0.717, 1.165) is 12.8 Å². The van der Waals surface area contributed by atoms with Crippen molar-refractivity contribution in [3.63, 3.8) is 0 Å². The van der Waals surface area contributed by atoms with Crippen molar-refractivity contribution in [1.29, 1.82) is 0 Å². The zero-order chi connectivity index (χ0) is 9.31. The molecule has 14 heavy (non-hydrogen) atoms. The molecule has 0 amide bonds. The molecule has 1 heterocycles. The van der Waals surface area contributed by atoms with Gasteiger partial charge in [-0.15, -0.1) is 12.4 Å². The average Bonchev–Trinajstić information content (AvgIpc) is 2.54. The summed E-state index contributed by atoms with van der Waals surface area (Å²) in [7, 11) is 0. The Bertz CT molecular complexity index is 204. The summed E-state index contributed by atoms with van der Waals surface area (Å²) < 4.78 is 0. The molecule has 2 rings (SSSR count). The minimum atomic E-state index is -0.639. The van der Waals surface area contributed by atoms with Crippen molar-refractivity contribution < 1.29 is 9.90 Å². The van der Waals surface area contributed by atoms with Gasteiger partial charge in [-0.2, -0.15) is 0 Å². The molecule has 1 saturated carbocycles. The van der Waals surface area contributed by atoms with Crippen LogP contribution in [0.2, 0.25) is 0 Å². The van der Waals surface area contributed by atoms with E-state index in [-0.39, 0.29) is 18.3 Å². The number of nitrogens with one attached hydrogen (secondary N) is 1. The Morgan fingerprint density at radius 2 is 1.93 bits per heavy atom. The van der Waals surface area contributed by atoms with Gasteiger partial charge in [0, 0.05) is 12.1 Å². The van der Waals surface area contributed by atoms with Crippen molar-refractivity contribution in [2.24, 2.45) is 5.92 Å². The van der Waals surface area contributed by atoms with Crippen LogP contribution in [0, 0.1) is 5.92 Å². The second-order valence-corrected chi connectivity index (χ2v) is 4.44. The van der Waals surface area contributed by atoms with Gasteiger partial charge in [0.15, 0.2) is 0 Å². The van der Waals surface area contributed by atoms with Crippen molar-refractivity contribution in [2.45, 2.75) is 44.1 Å². The first-order chi connectivity index (χ1) is 6.22. The molecule has 1 aliphatic heterocycles. The van der Waals surface area contributed by atoms with Gasteiger partial charge in [-0.05, 0) is 25.7 Å². The SMILES string of the molecule is Cl.O=C(O)C1CCC2(CCCC2)NC1. The standard InChI is InChI=1S/C10H17NO2.ClH/c12-9(13)8-3-6-10(11-7-8)4-1-2-5-10;/h8,11H,1-7H2,(H,12,13);1H. The highest BCUT2D eigenvalue weighted by Crippen LogP contribution is 2.37. The smallest absolute Gasteiger partial charge is 0.307 e. The maximum absolute atomic E-state index is 10.7. The Hall–Kier alpha value is -0.280. The van der Waals surface area contributed by atoms with Gasteiger partial charge in [-0.1, -0.05) is 12.8 Å². The normalized spacial score (nSPS) is 29.9. The maximum Gasteiger partial charge on any atom is 0.307 e. The third-order valence-electron chi connectivity index (χ3n) is 3.60. The molecule has 3 nitrogen and oxygen atoms in total. The summed E-state index contributed by atoms with van der Waals surface area (Å²) in [5.41, 5.74) is 0.325. The molecule has 0 aromatic carbocycles. The molecule has 0 bridgehead atoms. The first kappa shape index (κ1) is 11.8. The molecule has 1 saturated heterocycles. The van der Waals surface area contributed by atoms with Crippen molar-refractivity contribution in [3.05, 3.63) is 0 Å². The van der Waals surface area contributed by atoms with Gasteiger partial charge >= 0.3 is 5.97 Å². The summed E-state index contributed by atoms with van der Waals surface area (Å²) in [6, 6.07) is 0. The van der Waals surface area contributed by atoms with Crippen LogP contribution in [0.4, 0.5) is 0 Å². The number of piperidine rings is 1. The Morgan fingerprint density at radius 1 is 1.29 bits per heavy atom. The zero-order valence-electron chi connectivity index (χ0n) is 8.29. The Morgan fingerprint density at radius 3 is 2.36 bits per heavy atom. The molecule has 1 spiro atoms. The quantitative estimate of drug-likeness (QED) is 0.707. The minimum absolute atomic E-state index is 0. The number of halogens is 1. The van der Waals surface area contributed by atoms with E-state index in [1.54, 1.807) is 0 Å². The molecule has 4 heteroatoms. The maximum atomic E-state index is 10.7. The van der Waals surface area contributed by atoms with Gasteiger partial charge < -0.3 is 10.4 Å². The number of hydrogen-bond acceptors (Lipinski definition) is 2. The summed E-state index contributed by atoms with van der Waals surface area (Å²) in [5.74, 6) is -0.786. The van der Waals surface area contributed by atoms with Gasteiger partial charge in [0.1, 0.15) is 0 Å². The van der Waals surface area contributed by atoms with Crippen LogP contribution in [0.3, 0.4) is 0 Å². The molecule has 1 atom stereocenters. The molecule has 1 unspecified atom stereocenters. The topological polar surface area (TPSA) is 49.3 Å². The summed E-state index contributed by atoms with van der Waals surface area (Å²) in [6.07, 6.45) is 7.04. The lowest BCUT2D eigenvalue weighted by Crippen LogP contribution is -2.50. The van der Waals surface area contributed by atoms with Crippen LogP contribution >= 0.6 is 12.4 Å². The second-order valence-electron chi connectivity index (χ2n) is 4.44. The van der Waals surface area contributed by atoms with Crippen molar-refractivity contribution in [2.75, 3.05) is 6.54 Å².